The minimum absolute atomic E-state index is 0.306. The fourth-order valence-electron chi connectivity index (χ4n) is 0.782. The highest BCUT2D eigenvalue weighted by Gasteiger charge is 2.00. The average Bonchev–Trinajstić information content (AvgIpc) is 2.04. The van der Waals surface area contributed by atoms with E-state index in [-0.39, 0.29) is 5.82 Å². The lowest BCUT2D eigenvalue weighted by Crippen LogP contribution is -1.85. The summed E-state index contributed by atoms with van der Waals surface area (Å²) in [7, 11) is 0. The molecule has 1 aromatic rings. The van der Waals surface area contributed by atoms with Crippen molar-refractivity contribution in [2.75, 3.05) is 6.26 Å². The van der Waals surface area contributed by atoms with E-state index in [1.807, 2.05) is 6.26 Å². The molecule has 0 atom stereocenters. The maximum atomic E-state index is 12.5. The molecule has 0 spiro atoms. The molecule has 0 saturated heterocycles. The van der Waals surface area contributed by atoms with E-state index in [2.05, 4.69) is 0 Å². The van der Waals surface area contributed by atoms with Gasteiger partial charge in [0.2, 0.25) is 0 Å². The van der Waals surface area contributed by atoms with Crippen molar-refractivity contribution < 1.29 is 9.18 Å². The van der Waals surface area contributed by atoms with Gasteiger partial charge in [0.25, 0.3) is 0 Å². The summed E-state index contributed by atoms with van der Waals surface area (Å²) in [6.07, 6.45) is 2.53. The summed E-state index contributed by atoms with van der Waals surface area (Å²) >= 11 is 1.36. The molecule has 1 rings (SSSR count). The standard InChI is InChI=1S/C8H7FOS/c1-11-8-4-7(9)3-2-6(8)5-10/h2-5H,1H3. The lowest BCUT2D eigenvalue weighted by Gasteiger charge is -1.98. The van der Waals surface area contributed by atoms with E-state index in [0.717, 1.165) is 6.29 Å². The van der Waals surface area contributed by atoms with Crippen molar-refractivity contribution in [1.29, 1.82) is 0 Å². The summed E-state index contributed by atoms with van der Waals surface area (Å²) in [6.45, 7) is 0. The van der Waals surface area contributed by atoms with Gasteiger partial charge in [0, 0.05) is 10.5 Å². The number of aldehydes is 1. The Balaban J connectivity index is 3.16. The van der Waals surface area contributed by atoms with Crippen molar-refractivity contribution in [2.45, 2.75) is 4.90 Å². The fourth-order valence-corrected chi connectivity index (χ4v) is 1.36. The van der Waals surface area contributed by atoms with Crippen LogP contribution in [-0.4, -0.2) is 12.5 Å². The number of carbonyl (C=O) groups excluding carboxylic acids is 1. The molecule has 0 bridgehead atoms. The lowest BCUT2D eigenvalue weighted by atomic mass is 10.2. The first-order valence-corrected chi connectivity index (χ1v) is 4.29. The summed E-state index contributed by atoms with van der Waals surface area (Å²) in [5.74, 6) is -0.306. The Labute approximate surface area is 68.6 Å². The molecule has 58 valence electrons. The smallest absolute Gasteiger partial charge is 0.151 e. The molecule has 0 aromatic heterocycles. The number of hydrogen-bond acceptors (Lipinski definition) is 2. The zero-order chi connectivity index (χ0) is 8.27. The third kappa shape index (κ3) is 1.80. The van der Waals surface area contributed by atoms with Gasteiger partial charge in [-0.05, 0) is 24.5 Å². The zero-order valence-electron chi connectivity index (χ0n) is 6.00. The lowest BCUT2D eigenvalue weighted by molar-refractivity contribution is 0.112. The third-order valence-electron chi connectivity index (χ3n) is 1.32. The molecule has 0 amide bonds. The number of halogens is 1. The largest absolute Gasteiger partial charge is 0.298 e. The van der Waals surface area contributed by atoms with Gasteiger partial charge in [-0.15, -0.1) is 11.8 Å². The van der Waals surface area contributed by atoms with Gasteiger partial charge in [0.15, 0.2) is 6.29 Å². The minimum atomic E-state index is -0.306. The quantitative estimate of drug-likeness (QED) is 0.500. The zero-order valence-corrected chi connectivity index (χ0v) is 6.82. The van der Waals surface area contributed by atoms with Crippen LogP contribution >= 0.6 is 11.8 Å². The van der Waals surface area contributed by atoms with Crippen molar-refractivity contribution >= 4 is 18.0 Å². The van der Waals surface area contributed by atoms with Crippen LogP contribution in [0.1, 0.15) is 10.4 Å². The topological polar surface area (TPSA) is 17.1 Å². The molecule has 0 aliphatic heterocycles. The molecule has 0 saturated carbocycles. The Kier molecular flexibility index (Phi) is 2.65. The van der Waals surface area contributed by atoms with Crippen LogP contribution in [0.2, 0.25) is 0 Å². The maximum absolute atomic E-state index is 12.5. The molecule has 0 heterocycles. The van der Waals surface area contributed by atoms with Crippen molar-refractivity contribution in [1.82, 2.24) is 0 Å². The van der Waals surface area contributed by atoms with E-state index < -0.39 is 0 Å². The summed E-state index contributed by atoms with van der Waals surface area (Å²) < 4.78 is 12.5. The van der Waals surface area contributed by atoms with Crippen LogP contribution in [0.5, 0.6) is 0 Å². The highest BCUT2D eigenvalue weighted by molar-refractivity contribution is 7.98. The molecular weight excluding hydrogens is 163 g/mol. The van der Waals surface area contributed by atoms with Crippen LogP contribution in [0.25, 0.3) is 0 Å². The van der Waals surface area contributed by atoms with Gasteiger partial charge in [-0.25, -0.2) is 4.39 Å². The van der Waals surface area contributed by atoms with Crippen molar-refractivity contribution in [2.24, 2.45) is 0 Å². The molecule has 0 radical (unpaired) electrons. The Bertz CT molecular complexity index is 273. The number of thioether (sulfide) groups is 1. The van der Waals surface area contributed by atoms with Gasteiger partial charge in [-0.2, -0.15) is 0 Å². The van der Waals surface area contributed by atoms with E-state index in [0.29, 0.717) is 10.5 Å². The average molecular weight is 170 g/mol. The Hall–Kier alpha value is -0.830. The summed E-state index contributed by atoms with van der Waals surface area (Å²) in [5, 5.41) is 0. The highest BCUT2D eigenvalue weighted by Crippen LogP contribution is 2.19. The predicted molar refractivity (Wildman–Crippen MR) is 43.6 cm³/mol. The SMILES string of the molecule is CSc1cc(F)ccc1C=O. The highest BCUT2D eigenvalue weighted by atomic mass is 32.2. The summed E-state index contributed by atoms with van der Waals surface area (Å²) in [4.78, 5) is 11.0. The van der Waals surface area contributed by atoms with E-state index in [1.54, 1.807) is 0 Å². The molecule has 0 aliphatic rings. The van der Waals surface area contributed by atoms with Crippen LogP contribution in [0.15, 0.2) is 23.1 Å². The first-order valence-electron chi connectivity index (χ1n) is 3.06. The van der Waals surface area contributed by atoms with Crippen LogP contribution in [-0.2, 0) is 0 Å². The van der Waals surface area contributed by atoms with Crippen LogP contribution in [0, 0.1) is 5.82 Å². The number of carbonyl (C=O) groups is 1. The summed E-state index contributed by atoms with van der Waals surface area (Å²) in [5.41, 5.74) is 0.541. The number of rotatable bonds is 2. The second-order valence-electron chi connectivity index (χ2n) is 2.00. The van der Waals surface area contributed by atoms with E-state index in [1.165, 1.54) is 30.0 Å². The van der Waals surface area contributed by atoms with Gasteiger partial charge >= 0.3 is 0 Å². The molecule has 1 aromatic carbocycles. The first kappa shape index (κ1) is 8.27. The Morgan fingerprint density at radius 2 is 2.27 bits per heavy atom. The number of benzene rings is 1. The van der Waals surface area contributed by atoms with E-state index in [4.69, 9.17) is 0 Å². The molecule has 0 N–H and O–H groups in total. The molecule has 0 unspecified atom stereocenters. The molecule has 1 nitrogen and oxygen atoms in total. The molecule has 0 fully saturated rings. The van der Waals surface area contributed by atoms with E-state index >= 15 is 0 Å². The minimum Gasteiger partial charge on any atom is -0.298 e. The molecule has 3 heteroatoms. The Morgan fingerprint density at radius 1 is 1.55 bits per heavy atom. The second kappa shape index (κ2) is 3.53. The van der Waals surface area contributed by atoms with E-state index in [9.17, 15) is 9.18 Å². The van der Waals surface area contributed by atoms with Crippen molar-refractivity contribution in [3.05, 3.63) is 29.6 Å². The molecule has 0 aliphatic carbocycles. The number of hydrogen-bond donors (Lipinski definition) is 0. The second-order valence-corrected chi connectivity index (χ2v) is 2.85. The monoisotopic (exact) mass is 170 g/mol. The van der Waals surface area contributed by atoms with Crippen LogP contribution < -0.4 is 0 Å². The van der Waals surface area contributed by atoms with Crippen molar-refractivity contribution in [3.63, 3.8) is 0 Å². The van der Waals surface area contributed by atoms with Gasteiger partial charge < -0.3 is 0 Å². The Morgan fingerprint density at radius 3 is 2.82 bits per heavy atom. The van der Waals surface area contributed by atoms with Gasteiger partial charge in [0.05, 0.1) is 0 Å². The fraction of sp³-hybridized carbons (Fsp3) is 0.125. The van der Waals surface area contributed by atoms with Crippen LogP contribution in [0.4, 0.5) is 4.39 Å². The normalized spacial score (nSPS) is 9.64. The van der Waals surface area contributed by atoms with Gasteiger partial charge in [-0.3, -0.25) is 4.79 Å². The van der Waals surface area contributed by atoms with Crippen LogP contribution in [0.3, 0.4) is 0 Å². The summed E-state index contributed by atoms with van der Waals surface area (Å²) in [6, 6.07) is 4.12. The predicted octanol–water partition coefficient (Wildman–Crippen LogP) is 2.36. The van der Waals surface area contributed by atoms with Gasteiger partial charge in [-0.1, -0.05) is 0 Å². The maximum Gasteiger partial charge on any atom is 0.151 e. The molecule has 11 heavy (non-hydrogen) atoms. The molecular formula is C8H7FOS. The first-order chi connectivity index (χ1) is 5.27. The third-order valence-corrected chi connectivity index (χ3v) is 2.12. The van der Waals surface area contributed by atoms with Gasteiger partial charge in [0.1, 0.15) is 5.82 Å². The van der Waals surface area contributed by atoms with Crippen molar-refractivity contribution in [3.8, 4) is 0 Å².